The van der Waals surface area contributed by atoms with Gasteiger partial charge in [0.15, 0.2) is 11.5 Å². The first-order chi connectivity index (χ1) is 13.6. The molecule has 29 heavy (non-hydrogen) atoms. The second-order valence-corrected chi connectivity index (χ2v) is 6.83. The predicted molar refractivity (Wildman–Crippen MR) is 101 cm³/mol. The number of fused-ring (bicyclic) bond motifs is 1. The zero-order valence-electron chi connectivity index (χ0n) is 14.1. The molecular weight excluding hydrogens is 483 g/mol. The molecular formula is C17H10BrClF3N3O4. The Balaban J connectivity index is 1.63. The molecule has 0 unspecified atom stereocenters. The van der Waals surface area contributed by atoms with Crippen LogP contribution in [0.2, 0.25) is 5.02 Å². The number of anilines is 1. The Kier molecular flexibility index (Phi) is 5.99. The van der Waals surface area contributed by atoms with Gasteiger partial charge in [-0.3, -0.25) is 9.59 Å². The van der Waals surface area contributed by atoms with Crippen molar-refractivity contribution < 1.29 is 32.2 Å². The molecule has 3 rings (SSSR count). The lowest BCUT2D eigenvalue weighted by molar-refractivity contribution is -0.137. The highest BCUT2D eigenvalue weighted by Crippen LogP contribution is 2.37. The number of carbonyl (C=O) groups is 2. The second-order valence-electron chi connectivity index (χ2n) is 5.57. The maximum absolute atomic E-state index is 12.9. The maximum Gasteiger partial charge on any atom is 0.417 e. The van der Waals surface area contributed by atoms with Gasteiger partial charge >= 0.3 is 18.0 Å². The Hall–Kier alpha value is -2.79. The summed E-state index contributed by atoms with van der Waals surface area (Å²) in [6.07, 6.45) is -3.45. The third-order valence-corrected chi connectivity index (χ3v) is 4.61. The lowest BCUT2D eigenvalue weighted by Gasteiger charge is -2.11. The number of hydrazone groups is 1. The summed E-state index contributed by atoms with van der Waals surface area (Å²) in [7, 11) is 0. The van der Waals surface area contributed by atoms with Gasteiger partial charge in [0.1, 0.15) is 0 Å². The van der Waals surface area contributed by atoms with Crippen molar-refractivity contribution in [3.63, 3.8) is 0 Å². The molecule has 2 N–H and O–H groups in total. The van der Waals surface area contributed by atoms with Gasteiger partial charge in [0.25, 0.3) is 0 Å². The molecule has 1 heterocycles. The van der Waals surface area contributed by atoms with E-state index in [1.807, 2.05) is 10.7 Å². The first-order valence-corrected chi connectivity index (χ1v) is 8.92. The average molecular weight is 493 g/mol. The van der Waals surface area contributed by atoms with E-state index in [1.54, 1.807) is 12.1 Å². The molecule has 0 aliphatic carbocycles. The fourth-order valence-electron chi connectivity index (χ4n) is 2.25. The van der Waals surface area contributed by atoms with Crippen LogP contribution in [-0.4, -0.2) is 24.8 Å². The molecule has 12 heteroatoms. The summed E-state index contributed by atoms with van der Waals surface area (Å²) >= 11 is 8.80. The Morgan fingerprint density at radius 2 is 1.83 bits per heavy atom. The molecule has 0 bridgehead atoms. The molecule has 152 valence electrons. The summed E-state index contributed by atoms with van der Waals surface area (Å²) in [5, 5.41) is 5.17. The van der Waals surface area contributed by atoms with Gasteiger partial charge in [-0.25, -0.2) is 5.43 Å². The Morgan fingerprint density at radius 3 is 2.52 bits per heavy atom. The van der Waals surface area contributed by atoms with Crippen LogP contribution >= 0.6 is 27.5 Å². The van der Waals surface area contributed by atoms with E-state index in [2.05, 4.69) is 21.0 Å². The van der Waals surface area contributed by atoms with Crippen molar-refractivity contribution in [2.45, 2.75) is 6.18 Å². The number of benzene rings is 2. The van der Waals surface area contributed by atoms with E-state index in [0.717, 1.165) is 12.1 Å². The highest BCUT2D eigenvalue weighted by molar-refractivity contribution is 9.10. The largest absolute Gasteiger partial charge is 0.454 e. The highest BCUT2D eigenvalue weighted by Gasteiger charge is 2.33. The van der Waals surface area contributed by atoms with Gasteiger partial charge in [-0.2, -0.15) is 18.3 Å². The van der Waals surface area contributed by atoms with Crippen molar-refractivity contribution in [2.75, 3.05) is 12.1 Å². The molecule has 2 amide bonds. The molecule has 0 fully saturated rings. The summed E-state index contributed by atoms with van der Waals surface area (Å²) in [6, 6.07) is 5.98. The van der Waals surface area contributed by atoms with Gasteiger partial charge in [0, 0.05) is 15.7 Å². The summed E-state index contributed by atoms with van der Waals surface area (Å²) in [5.74, 6) is -1.36. The molecule has 2 aromatic rings. The predicted octanol–water partition coefficient (Wildman–Crippen LogP) is 3.94. The SMILES string of the molecule is O=C(N/N=C\c1cc2c(cc1Br)OCO2)C(=O)Nc1ccc(Cl)c(C(F)(F)F)c1. The fraction of sp³-hybridized carbons (Fsp3) is 0.118. The highest BCUT2D eigenvalue weighted by atomic mass is 79.9. The first kappa shape index (κ1) is 20.9. The molecule has 1 aliphatic rings. The number of nitrogens with one attached hydrogen (secondary N) is 2. The van der Waals surface area contributed by atoms with Crippen molar-refractivity contribution in [1.29, 1.82) is 0 Å². The number of carbonyl (C=O) groups excluding carboxylic acids is 2. The zero-order valence-corrected chi connectivity index (χ0v) is 16.5. The van der Waals surface area contributed by atoms with Crippen molar-refractivity contribution in [1.82, 2.24) is 5.43 Å². The minimum Gasteiger partial charge on any atom is -0.454 e. The molecule has 0 saturated heterocycles. The number of nitrogens with zero attached hydrogens (tertiary/aromatic N) is 1. The van der Waals surface area contributed by atoms with Crippen LogP contribution in [0.3, 0.4) is 0 Å². The van der Waals surface area contributed by atoms with E-state index in [1.165, 1.54) is 6.21 Å². The number of hydrogen-bond donors (Lipinski definition) is 2. The van der Waals surface area contributed by atoms with E-state index in [-0.39, 0.29) is 12.5 Å². The third kappa shape index (κ3) is 4.98. The van der Waals surface area contributed by atoms with Crippen molar-refractivity contribution in [2.24, 2.45) is 5.10 Å². The van der Waals surface area contributed by atoms with E-state index >= 15 is 0 Å². The van der Waals surface area contributed by atoms with Crippen LogP contribution in [0.5, 0.6) is 11.5 Å². The minimum atomic E-state index is -4.71. The topological polar surface area (TPSA) is 89.0 Å². The quantitative estimate of drug-likeness (QED) is 0.386. The number of hydrogen-bond acceptors (Lipinski definition) is 5. The van der Waals surface area contributed by atoms with E-state index in [9.17, 15) is 22.8 Å². The van der Waals surface area contributed by atoms with Gasteiger partial charge in [-0.05, 0) is 46.3 Å². The molecule has 0 aromatic heterocycles. The van der Waals surface area contributed by atoms with Crippen LogP contribution < -0.4 is 20.2 Å². The summed E-state index contributed by atoms with van der Waals surface area (Å²) in [5.41, 5.74) is 1.13. The second kappa shape index (κ2) is 8.29. The summed E-state index contributed by atoms with van der Waals surface area (Å²) < 4.78 is 49.6. The average Bonchev–Trinajstić information content (AvgIpc) is 3.09. The van der Waals surface area contributed by atoms with Crippen LogP contribution in [-0.2, 0) is 15.8 Å². The molecule has 7 nitrogen and oxygen atoms in total. The van der Waals surface area contributed by atoms with E-state index < -0.39 is 28.6 Å². The standard InChI is InChI=1S/C17H10BrClF3N3O4/c18-11-5-14-13(28-7-29-14)3-8(11)6-23-25-16(27)15(26)24-9-1-2-12(19)10(4-9)17(20,21)22/h1-6H,7H2,(H,24,26)(H,25,27)/b23-6-. The number of halogens is 5. The Bertz CT molecular complexity index is 1010. The van der Waals surface area contributed by atoms with Gasteiger partial charge in [-0.1, -0.05) is 11.6 Å². The van der Waals surface area contributed by atoms with Crippen LogP contribution in [0.25, 0.3) is 0 Å². The Labute approximate surface area is 174 Å². The van der Waals surface area contributed by atoms with E-state index in [4.69, 9.17) is 21.1 Å². The van der Waals surface area contributed by atoms with Crippen LogP contribution in [0.15, 0.2) is 39.9 Å². The smallest absolute Gasteiger partial charge is 0.417 e. The zero-order chi connectivity index (χ0) is 21.2. The summed E-state index contributed by atoms with van der Waals surface area (Å²) in [6.45, 7) is 0.0834. The number of amides is 2. The molecule has 2 aromatic carbocycles. The normalized spacial score (nSPS) is 12.9. The van der Waals surface area contributed by atoms with Gasteiger partial charge in [-0.15, -0.1) is 0 Å². The maximum atomic E-state index is 12.9. The van der Waals surface area contributed by atoms with Crippen molar-refractivity contribution in [3.05, 3.63) is 51.0 Å². The summed E-state index contributed by atoms with van der Waals surface area (Å²) in [4.78, 5) is 23.7. The van der Waals surface area contributed by atoms with Crippen molar-refractivity contribution in [3.8, 4) is 11.5 Å². The molecule has 0 spiro atoms. The number of alkyl halides is 3. The molecule has 0 saturated carbocycles. The Morgan fingerprint density at radius 1 is 1.14 bits per heavy atom. The molecule has 0 atom stereocenters. The van der Waals surface area contributed by atoms with Crippen LogP contribution in [0.1, 0.15) is 11.1 Å². The van der Waals surface area contributed by atoms with Gasteiger partial charge in [0.05, 0.1) is 16.8 Å². The minimum absolute atomic E-state index is 0.0834. The monoisotopic (exact) mass is 491 g/mol. The van der Waals surface area contributed by atoms with Gasteiger partial charge in [0.2, 0.25) is 6.79 Å². The molecule has 1 aliphatic heterocycles. The number of rotatable bonds is 3. The van der Waals surface area contributed by atoms with Crippen LogP contribution in [0, 0.1) is 0 Å². The molecule has 0 radical (unpaired) electrons. The lowest BCUT2D eigenvalue weighted by Crippen LogP contribution is -2.32. The lowest BCUT2D eigenvalue weighted by atomic mass is 10.2. The van der Waals surface area contributed by atoms with E-state index in [0.29, 0.717) is 27.6 Å². The third-order valence-electron chi connectivity index (χ3n) is 3.60. The van der Waals surface area contributed by atoms with Gasteiger partial charge < -0.3 is 14.8 Å². The number of ether oxygens (including phenoxy) is 2. The van der Waals surface area contributed by atoms with Crippen LogP contribution in [0.4, 0.5) is 18.9 Å². The first-order valence-electron chi connectivity index (χ1n) is 7.75. The fourth-order valence-corrected chi connectivity index (χ4v) is 2.90. The van der Waals surface area contributed by atoms with Crippen molar-refractivity contribution >= 4 is 51.2 Å².